The van der Waals surface area contributed by atoms with Crippen LogP contribution in [0.3, 0.4) is 0 Å². The minimum Gasteiger partial charge on any atom is -1.00 e. The molecule has 0 atom stereocenters. The summed E-state index contributed by atoms with van der Waals surface area (Å²) in [7, 11) is -1.53. The van der Waals surface area contributed by atoms with E-state index in [2.05, 4.69) is 97.9 Å². The molecule has 0 heterocycles. The first kappa shape index (κ1) is 21.9. The summed E-state index contributed by atoms with van der Waals surface area (Å²) in [6, 6.07) is 33.0. The van der Waals surface area contributed by atoms with Gasteiger partial charge in [0.2, 0.25) is 0 Å². The molecule has 3 rings (SSSR count). The second-order valence-corrected chi connectivity index (χ2v) is 8.93. The number of halogens is 1. The van der Waals surface area contributed by atoms with E-state index in [1.165, 1.54) is 15.9 Å². The maximum Gasteiger partial charge on any atom is 0.111 e. The molecular weight excluding hydrogens is 531 g/mol. The predicted octanol–water partition coefficient (Wildman–Crippen LogP) is 0.624. The molecule has 0 fully saturated rings. The topological polar surface area (TPSA) is 0 Å². The van der Waals surface area contributed by atoms with Crippen LogP contribution in [0.5, 0.6) is 0 Å². The summed E-state index contributed by atoms with van der Waals surface area (Å²) < 4.78 is 0. The maximum atomic E-state index is 2.32. The van der Waals surface area contributed by atoms with Gasteiger partial charge in [-0.1, -0.05) is 54.6 Å². The summed E-state index contributed by atoms with van der Waals surface area (Å²) in [6.07, 6.45) is 1.14. The fourth-order valence-corrected chi connectivity index (χ4v) is 7.08. The molecule has 3 aromatic carbocycles. The molecule has 0 saturated carbocycles. The quantitative estimate of drug-likeness (QED) is 0.330. The van der Waals surface area contributed by atoms with E-state index in [-0.39, 0.29) is 92.9 Å². The van der Waals surface area contributed by atoms with Crippen molar-refractivity contribution in [2.24, 2.45) is 0 Å². The SMILES string of the molecule is CC[P+](c1ccccc1)(c1ccccc1)c1ccccc1.[Cs].[I-]. The van der Waals surface area contributed by atoms with Crippen LogP contribution < -0.4 is 39.9 Å². The molecule has 0 bridgehead atoms. The van der Waals surface area contributed by atoms with Crippen LogP contribution in [-0.4, -0.2) is 75.1 Å². The molecule has 3 aromatic rings. The molecule has 1 radical (unpaired) electrons. The molecule has 0 N–H and O–H groups in total. The van der Waals surface area contributed by atoms with Crippen molar-refractivity contribution in [2.75, 3.05) is 6.16 Å². The largest absolute Gasteiger partial charge is 1.00 e. The van der Waals surface area contributed by atoms with Gasteiger partial charge in [-0.05, 0) is 43.3 Å². The van der Waals surface area contributed by atoms with Crippen LogP contribution in [0.1, 0.15) is 6.92 Å². The van der Waals surface area contributed by atoms with E-state index < -0.39 is 7.26 Å². The van der Waals surface area contributed by atoms with Gasteiger partial charge in [0.1, 0.15) is 23.2 Å². The van der Waals surface area contributed by atoms with Crippen LogP contribution in [0, 0.1) is 0 Å². The van der Waals surface area contributed by atoms with Crippen molar-refractivity contribution in [3.8, 4) is 0 Å². The molecule has 0 saturated heterocycles. The van der Waals surface area contributed by atoms with Gasteiger partial charge in [-0.3, -0.25) is 0 Å². The first-order valence-corrected chi connectivity index (χ1v) is 9.40. The predicted molar refractivity (Wildman–Crippen MR) is 101 cm³/mol. The fraction of sp³-hybridized carbons (Fsp3) is 0.100. The Morgan fingerprint density at radius 1 is 0.565 bits per heavy atom. The Labute approximate surface area is 216 Å². The Bertz CT molecular complexity index is 590. The second kappa shape index (κ2) is 10.8. The molecule has 0 spiro atoms. The molecule has 0 aliphatic carbocycles. The zero-order chi connectivity index (χ0) is 14.5. The third kappa shape index (κ3) is 4.74. The van der Waals surface area contributed by atoms with Crippen molar-refractivity contribution >= 4 is 92.1 Å². The summed E-state index contributed by atoms with van der Waals surface area (Å²) in [6.45, 7) is 2.32. The van der Waals surface area contributed by atoms with Gasteiger partial charge in [0, 0.05) is 68.9 Å². The molecule has 0 nitrogen and oxygen atoms in total. The van der Waals surface area contributed by atoms with Gasteiger partial charge in [0.05, 0.1) is 6.16 Å². The normalized spacial score (nSPS) is 10.3. The number of benzene rings is 3. The fourth-order valence-electron chi connectivity index (χ4n) is 3.04. The Morgan fingerprint density at radius 3 is 1.04 bits per heavy atom. The molecule has 0 aliphatic heterocycles. The molecule has 0 amide bonds. The van der Waals surface area contributed by atoms with Gasteiger partial charge in [0.25, 0.3) is 0 Å². The van der Waals surface area contributed by atoms with E-state index in [1.807, 2.05) is 0 Å². The molecule has 23 heavy (non-hydrogen) atoms. The van der Waals surface area contributed by atoms with Gasteiger partial charge in [-0.2, -0.15) is 0 Å². The molecule has 3 heteroatoms. The maximum absolute atomic E-state index is 2.32. The summed E-state index contributed by atoms with van der Waals surface area (Å²) in [5, 5.41) is 4.39. The summed E-state index contributed by atoms with van der Waals surface area (Å²) in [4.78, 5) is 0. The van der Waals surface area contributed by atoms with E-state index in [1.54, 1.807) is 0 Å². The van der Waals surface area contributed by atoms with Gasteiger partial charge >= 0.3 is 0 Å². The zero-order valence-electron chi connectivity index (χ0n) is 13.7. The number of hydrogen-bond donors (Lipinski definition) is 0. The van der Waals surface area contributed by atoms with E-state index in [0.29, 0.717) is 0 Å². The molecule has 0 unspecified atom stereocenters. The van der Waals surface area contributed by atoms with Crippen molar-refractivity contribution in [3.63, 3.8) is 0 Å². The Hall–Kier alpha value is 0.872. The monoisotopic (exact) mass is 551 g/mol. The summed E-state index contributed by atoms with van der Waals surface area (Å²) in [5.74, 6) is 0. The van der Waals surface area contributed by atoms with Crippen molar-refractivity contribution in [1.82, 2.24) is 0 Å². The Morgan fingerprint density at radius 2 is 0.826 bits per heavy atom. The Kier molecular flexibility index (Phi) is 10.3. The second-order valence-electron chi connectivity index (χ2n) is 5.13. The number of hydrogen-bond acceptors (Lipinski definition) is 0. The van der Waals surface area contributed by atoms with Crippen LogP contribution >= 0.6 is 7.26 Å². The molecule has 0 aliphatic rings. The molecule has 113 valence electrons. The van der Waals surface area contributed by atoms with Crippen LogP contribution in [0.25, 0.3) is 0 Å². The first-order valence-electron chi connectivity index (χ1n) is 7.43. The minimum atomic E-state index is -1.53. The van der Waals surface area contributed by atoms with Crippen LogP contribution in [0.2, 0.25) is 0 Å². The molecule has 0 aromatic heterocycles. The Balaban J connectivity index is 0.00000132. The zero-order valence-corrected chi connectivity index (χ0v) is 23.0. The van der Waals surface area contributed by atoms with Crippen LogP contribution in [0.15, 0.2) is 91.0 Å². The van der Waals surface area contributed by atoms with Crippen molar-refractivity contribution in [2.45, 2.75) is 6.92 Å². The summed E-state index contributed by atoms with van der Waals surface area (Å²) >= 11 is 0. The van der Waals surface area contributed by atoms with E-state index >= 15 is 0 Å². The van der Waals surface area contributed by atoms with Gasteiger partial charge in [-0.25, -0.2) is 0 Å². The van der Waals surface area contributed by atoms with E-state index in [9.17, 15) is 0 Å². The standard InChI is InChI=1S/C20H20P.Cs.HI/c1-2-21(18-12-6-3-7-13-18,19-14-8-4-9-15-19)20-16-10-5-11-17-20;;/h3-17H,2H2,1H3;;1H/q+1;;/p-1. The number of rotatable bonds is 4. The average molecular weight is 551 g/mol. The van der Waals surface area contributed by atoms with E-state index in [4.69, 9.17) is 0 Å². The van der Waals surface area contributed by atoms with Crippen molar-refractivity contribution in [3.05, 3.63) is 91.0 Å². The van der Waals surface area contributed by atoms with Crippen molar-refractivity contribution < 1.29 is 24.0 Å². The van der Waals surface area contributed by atoms with Gasteiger partial charge < -0.3 is 24.0 Å². The van der Waals surface area contributed by atoms with Crippen LogP contribution in [0.4, 0.5) is 0 Å². The smallest absolute Gasteiger partial charge is 0.111 e. The molecular formula is C20H20CsIP. The summed E-state index contributed by atoms with van der Waals surface area (Å²) in [5.41, 5.74) is 0. The first-order chi connectivity index (χ1) is 10.4. The van der Waals surface area contributed by atoms with Crippen molar-refractivity contribution in [1.29, 1.82) is 0 Å². The third-order valence-electron chi connectivity index (χ3n) is 4.07. The van der Waals surface area contributed by atoms with Gasteiger partial charge in [0.15, 0.2) is 0 Å². The van der Waals surface area contributed by atoms with Gasteiger partial charge in [-0.15, -0.1) is 0 Å². The van der Waals surface area contributed by atoms with Crippen LogP contribution in [-0.2, 0) is 0 Å². The average Bonchev–Trinajstić information content (AvgIpc) is 2.59. The minimum absolute atomic E-state index is 0. The van der Waals surface area contributed by atoms with E-state index in [0.717, 1.165) is 6.16 Å². The third-order valence-corrected chi connectivity index (χ3v) is 8.55.